The molecule has 0 fully saturated rings. The molecule has 0 bridgehead atoms. The zero-order valence-corrected chi connectivity index (χ0v) is 10.2. The van der Waals surface area contributed by atoms with Crippen molar-refractivity contribution < 1.29 is 15.0 Å². The second-order valence-corrected chi connectivity index (χ2v) is 4.42. The molecular weight excluding hydrogens is 234 g/mol. The largest absolute Gasteiger partial charge is 0.479 e. The molecule has 18 heavy (non-hydrogen) atoms. The fourth-order valence-corrected chi connectivity index (χ4v) is 1.63. The number of carboxylic acids is 1. The number of benzene rings is 1. The quantitative estimate of drug-likeness (QED) is 0.746. The van der Waals surface area contributed by atoms with E-state index in [1.165, 1.54) is 6.92 Å². The lowest BCUT2D eigenvalue weighted by atomic mass is 10.1. The first-order valence-corrected chi connectivity index (χ1v) is 5.53. The van der Waals surface area contributed by atoms with Crippen LogP contribution in [0.25, 0.3) is 11.0 Å². The van der Waals surface area contributed by atoms with Gasteiger partial charge in [0.25, 0.3) is 0 Å². The number of anilines is 1. The number of carboxylic acid groups (broad SMARTS) is 1. The van der Waals surface area contributed by atoms with Gasteiger partial charge >= 0.3 is 5.97 Å². The number of aliphatic hydroxyl groups is 1. The molecule has 0 saturated carbocycles. The molecule has 0 aliphatic rings. The van der Waals surface area contributed by atoms with Gasteiger partial charge in [-0.05, 0) is 19.1 Å². The molecule has 2 aromatic rings. The summed E-state index contributed by atoms with van der Waals surface area (Å²) in [5, 5.41) is 21.3. The Morgan fingerprint density at radius 2 is 2.17 bits per heavy atom. The summed E-state index contributed by atoms with van der Waals surface area (Å²) >= 11 is 0. The third kappa shape index (κ3) is 2.14. The van der Waals surface area contributed by atoms with Gasteiger partial charge in [-0.2, -0.15) is 0 Å². The van der Waals surface area contributed by atoms with Crippen molar-refractivity contribution in [2.75, 3.05) is 11.9 Å². The highest BCUT2D eigenvalue weighted by Crippen LogP contribution is 2.18. The molecule has 6 nitrogen and oxygen atoms in total. The average Bonchev–Trinajstić information content (AvgIpc) is 2.64. The molecule has 0 amide bonds. The van der Waals surface area contributed by atoms with Gasteiger partial charge < -0.3 is 20.1 Å². The van der Waals surface area contributed by atoms with Gasteiger partial charge in [-0.1, -0.05) is 12.1 Å². The minimum Gasteiger partial charge on any atom is -0.479 e. The summed E-state index contributed by atoms with van der Waals surface area (Å²) in [4.78, 5) is 15.1. The first-order chi connectivity index (χ1) is 8.42. The van der Waals surface area contributed by atoms with Crippen LogP contribution in [-0.2, 0) is 11.8 Å². The normalized spacial score (nSPS) is 14.4. The number of para-hydroxylation sites is 2. The van der Waals surface area contributed by atoms with E-state index in [9.17, 15) is 9.90 Å². The van der Waals surface area contributed by atoms with Gasteiger partial charge in [-0.15, -0.1) is 0 Å². The van der Waals surface area contributed by atoms with E-state index in [4.69, 9.17) is 5.11 Å². The predicted octanol–water partition coefficient (Wildman–Crippen LogP) is 0.821. The molecule has 0 aliphatic heterocycles. The Labute approximate surface area is 104 Å². The van der Waals surface area contributed by atoms with Gasteiger partial charge in [0.1, 0.15) is 0 Å². The maximum Gasteiger partial charge on any atom is 0.337 e. The molecule has 0 radical (unpaired) electrons. The second-order valence-electron chi connectivity index (χ2n) is 4.42. The summed E-state index contributed by atoms with van der Waals surface area (Å²) in [5.41, 5.74) is -0.0644. The summed E-state index contributed by atoms with van der Waals surface area (Å²) in [7, 11) is 1.83. The van der Waals surface area contributed by atoms with Gasteiger partial charge in [-0.3, -0.25) is 0 Å². The standard InChI is InChI=1S/C12H15N3O3/c1-12(18,10(16)17)7-13-11-14-8-5-3-4-6-9(8)15(11)2/h3-6,18H,7H2,1-2H3,(H,13,14)(H,16,17). The second kappa shape index (κ2) is 4.30. The molecule has 3 N–H and O–H groups in total. The zero-order valence-electron chi connectivity index (χ0n) is 10.2. The van der Waals surface area contributed by atoms with Crippen LogP contribution in [-0.4, -0.2) is 37.9 Å². The Morgan fingerprint density at radius 3 is 2.78 bits per heavy atom. The van der Waals surface area contributed by atoms with Crippen molar-refractivity contribution in [2.45, 2.75) is 12.5 Å². The topological polar surface area (TPSA) is 87.4 Å². The van der Waals surface area contributed by atoms with Gasteiger partial charge in [0.2, 0.25) is 5.95 Å². The van der Waals surface area contributed by atoms with Gasteiger partial charge in [0, 0.05) is 7.05 Å². The number of aromatic nitrogens is 2. The lowest BCUT2D eigenvalue weighted by Gasteiger charge is -2.18. The number of rotatable bonds is 4. The first kappa shape index (κ1) is 12.4. The van der Waals surface area contributed by atoms with Crippen molar-refractivity contribution in [1.29, 1.82) is 0 Å². The zero-order chi connectivity index (χ0) is 13.3. The summed E-state index contributed by atoms with van der Waals surface area (Å²) in [6, 6.07) is 7.58. The van der Waals surface area contributed by atoms with Gasteiger partial charge in [0.15, 0.2) is 5.60 Å². The van der Waals surface area contributed by atoms with Gasteiger partial charge in [-0.25, -0.2) is 9.78 Å². The molecule has 1 unspecified atom stereocenters. The number of imidazole rings is 1. The molecule has 1 aromatic carbocycles. The molecule has 1 aromatic heterocycles. The number of aryl methyl sites for hydroxylation is 1. The minimum atomic E-state index is -1.82. The first-order valence-electron chi connectivity index (χ1n) is 5.53. The van der Waals surface area contributed by atoms with Crippen LogP contribution in [0.3, 0.4) is 0 Å². The number of hydrogen-bond acceptors (Lipinski definition) is 4. The summed E-state index contributed by atoms with van der Waals surface area (Å²) in [6.07, 6.45) is 0. The molecular formula is C12H15N3O3. The van der Waals surface area contributed by atoms with E-state index in [0.717, 1.165) is 11.0 Å². The van der Waals surface area contributed by atoms with Crippen LogP contribution in [0.5, 0.6) is 0 Å². The van der Waals surface area contributed by atoms with Crippen LogP contribution in [0.15, 0.2) is 24.3 Å². The third-order valence-corrected chi connectivity index (χ3v) is 2.84. The number of aliphatic carboxylic acids is 1. The lowest BCUT2D eigenvalue weighted by molar-refractivity contribution is -0.155. The van der Waals surface area contributed by atoms with E-state index >= 15 is 0 Å². The van der Waals surface area contributed by atoms with Crippen LogP contribution in [0.2, 0.25) is 0 Å². The van der Waals surface area contributed by atoms with E-state index in [0.29, 0.717) is 5.95 Å². The van der Waals surface area contributed by atoms with Crippen LogP contribution in [0, 0.1) is 0 Å². The van der Waals surface area contributed by atoms with Crippen LogP contribution in [0.1, 0.15) is 6.92 Å². The number of hydrogen-bond donors (Lipinski definition) is 3. The molecule has 0 aliphatic carbocycles. The maximum atomic E-state index is 10.8. The number of nitrogens with one attached hydrogen (secondary N) is 1. The van der Waals surface area contributed by atoms with Crippen molar-refractivity contribution in [3.63, 3.8) is 0 Å². The Morgan fingerprint density at radius 1 is 1.50 bits per heavy atom. The molecule has 0 saturated heterocycles. The van der Waals surface area contributed by atoms with E-state index in [1.807, 2.05) is 35.9 Å². The van der Waals surface area contributed by atoms with E-state index in [-0.39, 0.29) is 6.54 Å². The highest BCUT2D eigenvalue weighted by molar-refractivity contribution is 5.79. The minimum absolute atomic E-state index is 0.112. The van der Waals surface area contributed by atoms with Crippen LogP contribution in [0.4, 0.5) is 5.95 Å². The fourth-order valence-electron chi connectivity index (χ4n) is 1.63. The predicted molar refractivity (Wildman–Crippen MR) is 67.5 cm³/mol. The van der Waals surface area contributed by atoms with Crippen molar-refractivity contribution in [2.24, 2.45) is 7.05 Å². The Hall–Kier alpha value is -2.08. The lowest BCUT2D eigenvalue weighted by Crippen LogP contribution is -2.42. The van der Waals surface area contributed by atoms with E-state index in [1.54, 1.807) is 0 Å². The van der Waals surface area contributed by atoms with Gasteiger partial charge in [0.05, 0.1) is 17.6 Å². The Kier molecular flexibility index (Phi) is 2.96. The van der Waals surface area contributed by atoms with Crippen molar-refractivity contribution >= 4 is 23.0 Å². The summed E-state index contributed by atoms with van der Waals surface area (Å²) in [6.45, 7) is 1.13. The summed E-state index contributed by atoms with van der Waals surface area (Å²) < 4.78 is 1.81. The Bertz CT molecular complexity index is 589. The highest BCUT2D eigenvalue weighted by atomic mass is 16.4. The monoisotopic (exact) mass is 249 g/mol. The molecule has 1 atom stereocenters. The number of fused-ring (bicyclic) bond motifs is 1. The van der Waals surface area contributed by atoms with Crippen LogP contribution >= 0.6 is 0 Å². The molecule has 1 heterocycles. The van der Waals surface area contributed by atoms with E-state index in [2.05, 4.69) is 10.3 Å². The number of carbonyl (C=O) groups is 1. The number of nitrogens with zero attached hydrogens (tertiary/aromatic N) is 2. The van der Waals surface area contributed by atoms with Crippen molar-refractivity contribution in [3.05, 3.63) is 24.3 Å². The Balaban J connectivity index is 2.23. The molecule has 96 valence electrons. The smallest absolute Gasteiger partial charge is 0.337 e. The molecule has 0 spiro atoms. The average molecular weight is 249 g/mol. The maximum absolute atomic E-state index is 10.8. The molecule has 2 rings (SSSR count). The highest BCUT2D eigenvalue weighted by Gasteiger charge is 2.30. The molecule has 6 heteroatoms. The third-order valence-electron chi connectivity index (χ3n) is 2.84. The van der Waals surface area contributed by atoms with Crippen LogP contribution < -0.4 is 5.32 Å². The SMILES string of the molecule is Cn1c(NCC(C)(O)C(=O)O)nc2ccccc21. The van der Waals surface area contributed by atoms with E-state index < -0.39 is 11.6 Å². The summed E-state index contributed by atoms with van der Waals surface area (Å²) in [5.74, 6) is -0.744. The fraction of sp³-hybridized carbons (Fsp3) is 0.333. The van der Waals surface area contributed by atoms with Crippen molar-refractivity contribution in [1.82, 2.24) is 9.55 Å². The van der Waals surface area contributed by atoms with Crippen molar-refractivity contribution in [3.8, 4) is 0 Å².